The highest BCUT2D eigenvalue weighted by molar-refractivity contribution is 7.99. The molecule has 4 rings (SSSR count). The molecule has 3 aromatic rings. The molecule has 0 radical (unpaired) electrons. The summed E-state index contributed by atoms with van der Waals surface area (Å²) in [6, 6.07) is 11.5. The lowest BCUT2D eigenvalue weighted by Gasteiger charge is -2.12. The Bertz CT molecular complexity index is 1170. The number of benzene rings is 2. The maximum absolute atomic E-state index is 12.7. The first-order chi connectivity index (χ1) is 15.7. The summed E-state index contributed by atoms with van der Waals surface area (Å²) in [4.78, 5) is 23.8. The normalized spacial score (nSPS) is 13.6. The predicted octanol–water partition coefficient (Wildman–Crippen LogP) is 4.85. The molecule has 11 heteroatoms. The van der Waals surface area contributed by atoms with Crippen molar-refractivity contribution in [2.24, 2.45) is 0 Å². The molecular formula is C22H20F3N5O2S. The van der Waals surface area contributed by atoms with Gasteiger partial charge in [0.1, 0.15) is 5.82 Å². The highest BCUT2D eigenvalue weighted by Gasteiger charge is 2.31. The van der Waals surface area contributed by atoms with E-state index in [4.69, 9.17) is 0 Å². The largest absolute Gasteiger partial charge is 0.416 e. The third-order valence-corrected chi connectivity index (χ3v) is 5.78. The highest BCUT2D eigenvalue weighted by atomic mass is 32.2. The lowest BCUT2D eigenvalue weighted by atomic mass is 10.2. The molecule has 2 N–H and O–H groups in total. The summed E-state index contributed by atoms with van der Waals surface area (Å²) in [5, 5.41) is 14.4. The second kappa shape index (κ2) is 9.26. The number of amides is 2. The number of alkyl halides is 3. The zero-order valence-corrected chi connectivity index (χ0v) is 18.3. The third-order valence-electron chi connectivity index (χ3n) is 4.85. The van der Waals surface area contributed by atoms with Crippen LogP contribution in [0, 0.1) is 0 Å². The van der Waals surface area contributed by atoms with Crippen molar-refractivity contribution in [1.29, 1.82) is 0 Å². The van der Waals surface area contributed by atoms with Crippen LogP contribution in [-0.4, -0.2) is 32.3 Å². The van der Waals surface area contributed by atoms with E-state index in [1.165, 1.54) is 30.8 Å². The molecule has 1 saturated carbocycles. The fourth-order valence-electron chi connectivity index (χ4n) is 3.22. The lowest BCUT2D eigenvalue weighted by Crippen LogP contribution is -2.15. The quantitative estimate of drug-likeness (QED) is 0.477. The molecule has 1 fully saturated rings. The van der Waals surface area contributed by atoms with Gasteiger partial charge in [0.25, 0.3) is 0 Å². The number of hydrogen-bond acceptors (Lipinski definition) is 5. The van der Waals surface area contributed by atoms with Crippen molar-refractivity contribution in [2.75, 3.05) is 16.4 Å². The minimum Gasteiger partial charge on any atom is -0.326 e. The van der Waals surface area contributed by atoms with Crippen molar-refractivity contribution in [3.8, 4) is 5.69 Å². The number of carbonyl (C=O) groups excluding carboxylic acids is 2. The molecular weight excluding hydrogens is 455 g/mol. The Kier molecular flexibility index (Phi) is 6.41. The van der Waals surface area contributed by atoms with Crippen LogP contribution in [0.1, 0.15) is 37.1 Å². The number of carbonyl (C=O) groups is 2. The van der Waals surface area contributed by atoms with Crippen molar-refractivity contribution in [3.05, 3.63) is 59.9 Å². The van der Waals surface area contributed by atoms with Gasteiger partial charge in [0.05, 0.1) is 17.0 Å². The molecule has 1 aromatic heterocycles. The highest BCUT2D eigenvalue weighted by Crippen LogP contribution is 2.41. The predicted molar refractivity (Wildman–Crippen MR) is 118 cm³/mol. The van der Waals surface area contributed by atoms with E-state index in [0.29, 0.717) is 10.8 Å². The van der Waals surface area contributed by atoms with Gasteiger partial charge in [-0.15, -0.1) is 10.2 Å². The number of thioether (sulfide) groups is 1. The van der Waals surface area contributed by atoms with Crippen LogP contribution < -0.4 is 10.6 Å². The Labute approximate surface area is 191 Å². The fourth-order valence-corrected chi connectivity index (χ4v) is 3.98. The average Bonchev–Trinajstić information content (AvgIpc) is 3.51. The number of nitrogens with zero attached hydrogens (tertiary/aromatic N) is 3. The van der Waals surface area contributed by atoms with Crippen LogP contribution in [0.15, 0.2) is 53.7 Å². The molecule has 0 bridgehead atoms. The SMILES string of the molecule is CC(=O)Nc1cccc(-n2c(SCC(=O)Nc3ccc(C(F)(F)F)cc3)nnc2C2CC2)c1. The zero-order valence-electron chi connectivity index (χ0n) is 17.5. The Morgan fingerprint density at radius 1 is 1.06 bits per heavy atom. The first-order valence-corrected chi connectivity index (χ1v) is 11.1. The van der Waals surface area contributed by atoms with Crippen molar-refractivity contribution < 1.29 is 22.8 Å². The fraction of sp³-hybridized carbons (Fsp3) is 0.273. The van der Waals surface area contributed by atoms with Crippen molar-refractivity contribution in [1.82, 2.24) is 14.8 Å². The summed E-state index contributed by atoms with van der Waals surface area (Å²) in [5.41, 5.74) is 0.888. The van der Waals surface area contributed by atoms with Crippen LogP contribution in [-0.2, 0) is 15.8 Å². The van der Waals surface area contributed by atoms with Gasteiger partial charge in [-0.1, -0.05) is 17.8 Å². The number of anilines is 2. The molecule has 33 heavy (non-hydrogen) atoms. The van der Waals surface area contributed by atoms with E-state index in [2.05, 4.69) is 20.8 Å². The maximum Gasteiger partial charge on any atom is 0.416 e. The van der Waals surface area contributed by atoms with E-state index in [-0.39, 0.29) is 29.2 Å². The van der Waals surface area contributed by atoms with E-state index in [1.807, 2.05) is 22.8 Å². The molecule has 0 saturated heterocycles. The number of hydrogen-bond donors (Lipinski definition) is 2. The zero-order chi connectivity index (χ0) is 23.6. The van der Waals surface area contributed by atoms with E-state index >= 15 is 0 Å². The smallest absolute Gasteiger partial charge is 0.326 e. The number of halogens is 3. The number of aromatic nitrogens is 3. The molecule has 2 aromatic carbocycles. The second-order valence-electron chi connectivity index (χ2n) is 7.59. The summed E-state index contributed by atoms with van der Waals surface area (Å²) in [6.45, 7) is 1.43. The second-order valence-corrected chi connectivity index (χ2v) is 8.54. The molecule has 1 heterocycles. The monoisotopic (exact) mass is 475 g/mol. The number of nitrogens with one attached hydrogen (secondary N) is 2. The first kappa shape index (κ1) is 22.8. The molecule has 0 aliphatic heterocycles. The molecule has 1 aliphatic carbocycles. The molecule has 1 aliphatic rings. The Hall–Kier alpha value is -3.34. The topological polar surface area (TPSA) is 88.9 Å². The van der Waals surface area contributed by atoms with Gasteiger partial charge in [0, 0.05) is 24.2 Å². The van der Waals surface area contributed by atoms with Crippen LogP contribution in [0.25, 0.3) is 5.69 Å². The van der Waals surface area contributed by atoms with Crippen LogP contribution in [0.4, 0.5) is 24.5 Å². The van der Waals surface area contributed by atoms with E-state index in [1.54, 1.807) is 6.07 Å². The summed E-state index contributed by atoms with van der Waals surface area (Å²) in [7, 11) is 0. The standard InChI is InChI=1S/C22H20F3N5O2S/c1-13(31)26-17-3-2-4-18(11-17)30-20(14-5-6-14)28-29-21(30)33-12-19(32)27-16-9-7-15(8-10-16)22(23,24)25/h2-4,7-11,14H,5-6,12H2,1H3,(H,26,31)(H,27,32). The van der Waals surface area contributed by atoms with Crippen LogP contribution in [0.5, 0.6) is 0 Å². The molecule has 0 spiro atoms. The van der Waals surface area contributed by atoms with Crippen molar-refractivity contribution in [3.63, 3.8) is 0 Å². The molecule has 0 atom stereocenters. The summed E-state index contributed by atoms with van der Waals surface area (Å²) < 4.78 is 40.0. The molecule has 0 unspecified atom stereocenters. The van der Waals surface area contributed by atoms with Gasteiger partial charge in [-0.05, 0) is 55.3 Å². The average molecular weight is 475 g/mol. The Balaban J connectivity index is 1.48. The molecule has 2 amide bonds. The minimum atomic E-state index is -4.43. The van der Waals surface area contributed by atoms with Crippen LogP contribution >= 0.6 is 11.8 Å². The maximum atomic E-state index is 12.7. The van der Waals surface area contributed by atoms with Gasteiger partial charge in [-0.3, -0.25) is 14.2 Å². The number of rotatable bonds is 7. The van der Waals surface area contributed by atoms with E-state index < -0.39 is 11.7 Å². The third kappa shape index (κ3) is 5.72. The van der Waals surface area contributed by atoms with Crippen molar-refractivity contribution >= 4 is 35.0 Å². The van der Waals surface area contributed by atoms with Crippen LogP contribution in [0.3, 0.4) is 0 Å². The van der Waals surface area contributed by atoms with Gasteiger partial charge in [-0.25, -0.2) is 0 Å². The Morgan fingerprint density at radius 3 is 2.42 bits per heavy atom. The summed E-state index contributed by atoms with van der Waals surface area (Å²) in [6.07, 6.45) is -2.43. The molecule has 7 nitrogen and oxygen atoms in total. The molecule has 172 valence electrons. The van der Waals surface area contributed by atoms with Crippen molar-refractivity contribution in [2.45, 2.75) is 37.0 Å². The summed E-state index contributed by atoms with van der Waals surface area (Å²) in [5.74, 6) is 0.509. The van der Waals surface area contributed by atoms with E-state index in [9.17, 15) is 22.8 Å². The van der Waals surface area contributed by atoms with Crippen LogP contribution in [0.2, 0.25) is 0 Å². The Morgan fingerprint density at radius 2 is 1.79 bits per heavy atom. The van der Waals surface area contributed by atoms with Gasteiger partial charge in [0.15, 0.2) is 5.16 Å². The van der Waals surface area contributed by atoms with Gasteiger partial charge < -0.3 is 10.6 Å². The lowest BCUT2D eigenvalue weighted by molar-refractivity contribution is -0.137. The summed E-state index contributed by atoms with van der Waals surface area (Å²) >= 11 is 1.17. The van der Waals surface area contributed by atoms with Gasteiger partial charge >= 0.3 is 6.18 Å². The van der Waals surface area contributed by atoms with Gasteiger partial charge in [-0.2, -0.15) is 13.2 Å². The first-order valence-electron chi connectivity index (χ1n) is 10.1. The minimum absolute atomic E-state index is 0.00475. The van der Waals surface area contributed by atoms with E-state index in [0.717, 1.165) is 36.5 Å². The van der Waals surface area contributed by atoms with Gasteiger partial charge in [0.2, 0.25) is 11.8 Å².